The summed E-state index contributed by atoms with van der Waals surface area (Å²) in [5.74, 6) is 1.00. The summed E-state index contributed by atoms with van der Waals surface area (Å²) in [6, 6.07) is 6.62. The van der Waals surface area contributed by atoms with Gasteiger partial charge in [-0.2, -0.15) is 0 Å². The van der Waals surface area contributed by atoms with Gasteiger partial charge in [0.2, 0.25) is 0 Å². The van der Waals surface area contributed by atoms with Crippen molar-refractivity contribution in [3.05, 3.63) is 40.5 Å². The first-order valence-corrected chi connectivity index (χ1v) is 8.89. The van der Waals surface area contributed by atoms with Crippen molar-refractivity contribution in [2.24, 2.45) is 0 Å². The van der Waals surface area contributed by atoms with Crippen LogP contribution in [0.2, 0.25) is 0 Å². The number of aromatic nitrogens is 3. The largest absolute Gasteiger partial charge is 0.355 e. The number of fused-ring (bicyclic) bond motifs is 1. The topological polar surface area (TPSA) is 46.0 Å². The lowest BCUT2D eigenvalue weighted by molar-refractivity contribution is 0.616. The first kappa shape index (κ1) is 14.7. The molecule has 0 spiro atoms. The molecule has 1 saturated heterocycles. The molecule has 23 heavy (non-hydrogen) atoms. The molecule has 4 heterocycles. The van der Waals surface area contributed by atoms with Crippen LogP contribution in [0.1, 0.15) is 6.42 Å². The second kappa shape index (κ2) is 5.99. The lowest BCUT2D eigenvalue weighted by atomic mass is 10.2. The minimum absolute atomic E-state index is 0.531. The smallest absolute Gasteiger partial charge is 0.195 e. The maximum Gasteiger partial charge on any atom is 0.195 e. The fourth-order valence-electron chi connectivity index (χ4n) is 2.99. The van der Waals surface area contributed by atoms with Gasteiger partial charge in [-0.15, -0.1) is 11.3 Å². The Bertz CT molecular complexity index is 887. The Kier molecular flexibility index (Phi) is 3.84. The van der Waals surface area contributed by atoms with E-state index in [9.17, 15) is 0 Å². The van der Waals surface area contributed by atoms with Crippen LogP contribution in [0.3, 0.4) is 0 Å². The molecule has 1 fully saturated rings. The van der Waals surface area contributed by atoms with E-state index in [2.05, 4.69) is 27.3 Å². The number of thiazole rings is 1. The van der Waals surface area contributed by atoms with Crippen LogP contribution in [-0.4, -0.2) is 40.7 Å². The van der Waals surface area contributed by atoms with Crippen LogP contribution in [0.5, 0.6) is 0 Å². The van der Waals surface area contributed by atoms with Gasteiger partial charge in [0.1, 0.15) is 11.5 Å². The van der Waals surface area contributed by atoms with Crippen molar-refractivity contribution in [2.45, 2.75) is 12.5 Å². The normalized spacial score (nSPS) is 18.0. The van der Waals surface area contributed by atoms with Crippen molar-refractivity contribution in [1.29, 1.82) is 0 Å². The standard InChI is InChI=1S/C16H17N5S2/c1-17-11-4-7-20(10-11)14-3-2-12-13(22)5-8-21(15(12)19-14)16-18-6-9-23-16/h2-3,5-6,8-9,11,17H,4,7,10H2,1H3. The van der Waals surface area contributed by atoms with E-state index in [4.69, 9.17) is 17.2 Å². The average molecular weight is 343 g/mol. The van der Waals surface area contributed by atoms with E-state index in [0.717, 1.165) is 46.0 Å². The Hall–Kier alpha value is -1.83. The Morgan fingerprint density at radius 3 is 3.00 bits per heavy atom. The summed E-state index contributed by atoms with van der Waals surface area (Å²) in [6.45, 7) is 2.01. The van der Waals surface area contributed by atoms with E-state index in [1.807, 2.05) is 35.5 Å². The fourth-order valence-corrected chi connectivity index (χ4v) is 3.83. The van der Waals surface area contributed by atoms with E-state index in [1.54, 1.807) is 11.3 Å². The summed E-state index contributed by atoms with van der Waals surface area (Å²) >= 11 is 7.06. The molecule has 0 saturated carbocycles. The summed E-state index contributed by atoms with van der Waals surface area (Å²) in [7, 11) is 2.02. The summed E-state index contributed by atoms with van der Waals surface area (Å²) in [6.07, 6.45) is 4.91. The van der Waals surface area contributed by atoms with Gasteiger partial charge in [-0.3, -0.25) is 4.57 Å². The number of nitrogens with one attached hydrogen (secondary N) is 1. The minimum Gasteiger partial charge on any atom is -0.355 e. The summed E-state index contributed by atoms with van der Waals surface area (Å²) < 4.78 is 2.84. The number of rotatable bonds is 3. The van der Waals surface area contributed by atoms with Gasteiger partial charge in [0.25, 0.3) is 0 Å². The summed E-state index contributed by atoms with van der Waals surface area (Å²) in [4.78, 5) is 11.6. The number of nitrogens with zero attached hydrogens (tertiary/aromatic N) is 4. The van der Waals surface area contributed by atoms with Gasteiger partial charge >= 0.3 is 0 Å². The molecule has 0 bridgehead atoms. The molecule has 1 atom stereocenters. The highest BCUT2D eigenvalue weighted by atomic mass is 32.1. The zero-order valence-corrected chi connectivity index (χ0v) is 14.4. The van der Waals surface area contributed by atoms with Crippen LogP contribution in [0.25, 0.3) is 16.2 Å². The zero-order valence-electron chi connectivity index (χ0n) is 12.8. The van der Waals surface area contributed by atoms with Crippen LogP contribution < -0.4 is 10.2 Å². The highest BCUT2D eigenvalue weighted by Crippen LogP contribution is 2.25. The molecule has 1 aliphatic rings. The first-order chi connectivity index (χ1) is 11.3. The van der Waals surface area contributed by atoms with E-state index in [-0.39, 0.29) is 0 Å². The molecule has 7 heteroatoms. The van der Waals surface area contributed by atoms with Crippen LogP contribution >= 0.6 is 23.6 Å². The number of hydrogen-bond acceptors (Lipinski definition) is 6. The highest BCUT2D eigenvalue weighted by molar-refractivity contribution is 7.71. The quantitative estimate of drug-likeness (QED) is 0.741. The molecule has 0 amide bonds. The molecule has 3 aromatic heterocycles. The third-order valence-corrected chi connectivity index (χ3v) is 5.40. The Morgan fingerprint density at radius 2 is 2.26 bits per heavy atom. The molecule has 4 rings (SSSR count). The highest BCUT2D eigenvalue weighted by Gasteiger charge is 2.22. The second-order valence-electron chi connectivity index (χ2n) is 5.63. The Labute approximate surface area is 143 Å². The Morgan fingerprint density at radius 1 is 1.35 bits per heavy atom. The first-order valence-electron chi connectivity index (χ1n) is 7.61. The molecule has 118 valence electrons. The number of pyridine rings is 2. The lowest BCUT2D eigenvalue weighted by Crippen LogP contribution is -2.29. The predicted molar refractivity (Wildman–Crippen MR) is 97.3 cm³/mol. The van der Waals surface area contributed by atoms with Gasteiger partial charge in [-0.25, -0.2) is 9.97 Å². The lowest BCUT2D eigenvalue weighted by Gasteiger charge is -2.18. The number of likely N-dealkylation sites (N-methyl/N-ethyl adjacent to an activating group) is 1. The van der Waals surface area contributed by atoms with Crippen molar-refractivity contribution in [3.63, 3.8) is 0 Å². The molecule has 0 aliphatic carbocycles. The molecule has 1 N–H and O–H groups in total. The fraction of sp³-hybridized carbons (Fsp3) is 0.312. The van der Waals surface area contributed by atoms with E-state index < -0.39 is 0 Å². The van der Waals surface area contributed by atoms with E-state index >= 15 is 0 Å². The van der Waals surface area contributed by atoms with Crippen molar-refractivity contribution >= 4 is 40.4 Å². The minimum atomic E-state index is 0.531. The third kappa shape index (κ3) is 2.65. The third-order valence-electron chi connectivity index (χ3n) is 4.27. The monoisotopic (exact) mass is 343 g/mol. The van der Waals surface area contributed by atoms with Gasteiger partial charge in [-0.1, -0.05) is 12.2 Å². The molecule has 3 aromatic rings. The average Bonchev–Trinajstić information content (AvgIpc) is 3.26. The van der Waals surface area contributed by atoms with E-state index in [1.165, 1.54) is 0 Å². The molecule has 0 radical (unpaired) electrons. The Balaban J connectivity index is 1.84. The molecule has 5 nitrogen and oxygen atoms in total. The SMILES string of the molecule is CNC1CCN(c2ccc3c(=S)ccn(-c4nccs4)c3n2)C1. The van der Waals surface area contributed by atoms with E-state index in [0.29, 0.717) is 6.04 Å². The van der Waals surface area contributed by atoms with Crippen molar-refractivity contribution in [1.82, 2.24) is 19.9 Å². The van der Waals surface area contributed by atoms with Crippen LogP contribution in [0.15, 0.2) is 36.0 Å². The molecule has 1 aliphatic heterocycles. The van der Waals surface area contributed by atoms with Crippen molar-refractivity contribution < 1.29 is 0 Å². The van der Waals surface area contributed by atoms with Crippen LogP contribution in [0, 0.1) is 4.51 Å². The summed E-state index contributed by atoms with van der Waals surface area (Å²) in [5, 5.41) is 7.21. The number of anilines is 1. The number of hydrogen-bond donors (Lipinski definition) is 1. The molecular weight excluding hydrogens is 326 g/mol. The van der Waals surface area contributed by atoms with Crippen molar-refractivity contribution in [3.8, 4) is 5.13 Å². The maximum atomic E-state index is 5.46. The zero-order chi connectivity index (χ0) is 15.8. The van der Waals surface area contributed by atoms with Crippen LogP contribution in [-0.2, 0) is 0 Å². The second-order valence-corrected chi connectivity index (χ2v) is 6.94. The van der Waals surface area contributed by atoms with Gasteiger partial charge in [-0.05, 0) is 31.7 Å². The molecule has 0 aromatic carbocycles. The molecule has 1 unspecified atom stereocenters. The molecular formula is C16H17N5S2. The summed E-state index contributed by atoms with van der Waals surface area (Å²) in [5.41, 5.74) is 0.873. The van der Waals surface area contributed by atoms with Gasteiger partial charge in [0, 0.05) is 42.3 Å². The van der Waals surface area contributed by atoms with Gasteiger partial charge < -0.3 is 10.2 Å². The van der Waals surface area contributed by atoms with Gasteiger partial charge in [0.15, 0.2) is 5.13 Å². The predicted octanol–water partition coefficient (Wildman–Crippen LogP) is 3.01. The van der Waals surface area contributed by atoms with Crippen LogP contribution in [0.4, 0.5) is 5.82 Å². The van der Waals surface area contributed by atoms with Crippen molar-refractivity contribution in [2.75, 3.05) is 25.0 Å². The van der Waals surface area contributed by atoms with Gasteiger partial charge in [0.05, 0.1) is 4.51 Å². The maximum absolute atomic E-state index is 5.46.